The molecule has 4 amide bonds. The first kappa shape index (κ1) is 36.8. The molecule has 2 aliphatic rings. The van der Waals surface area contributed by atoms with Gasteiger partial charge in [0.15, 0.2) is 0 Å². The molecule has 0 aliphatic carbocycles. The number of carbonyl (C=O) groups excluding carboxylic acids is 4. The molecule has 0 radical (unpaired) electrons. The van der Waals surface area contributed by atoms with Gasteiger partial charge in [-0.2, -0.15) is 0 Å². The van der Waals surface area contributed by atoms with E-state index in [1.54, 1.807) is 14.1 Å². The maximum absolute atomic E-state index is 13.8. The number of hydrogen-bond acceptors (Lipinski definition) is 6. The number of benzene rings is 1. The van der Waals surface area contributed by atoms with Gasteiger partial charge in [-0.15, -0.1) is 0 Å². The van der Waals surface area contributed by atoms with Gasteiger partial charge < -0.3 is 30.4 Å². The summed E-state index contributed by atoms with van der Waals surface area (Å²) in [5, 5.41) is 5.33. The average molecular weight is 687 g/mol. The van der Waals surface area contributed by atoms with Gasteiger partial charge in [-0.05, 0) is 47.6 Å². The number of imidazole rings is 2. The van der Waals surface area contributed by atoms with Crippen LogP contribution in [0.25, 0.3) is 22.5 Å². The molecule has 4 atom stereocenters. The number of rotatable bonds is 10. The van der Waals surface area contributed by atoms with Gasteiger partial charge in [0, 0.05) is 40.0 Å². The van der Waals surface area contributed by atoms with Crippen molar-refractivity contribution in [1.29, 1.82) is 0 Å². The van der Waals surface area contributed by atoms with E-state index in [-0.39, 0.29) is 59.4 Å². The third-order valence-electron chi connectivity index (χ3n) is 10.4. The summed E-state index contributed by atoms with van der Waals surface area (Å²) >= 11 is 0. The number of carbonyl (C=O) groups is 4. The highest BCUT2D eigenvalue weighted by atomic mass is 16.2. The lowest BCUT2D eigenvalue weighted by Crippen LogP contribution is -2.43. The van der Waals surface area contributed by atoms with Gasteiger partial charge in [-0.25, -0.2) is 9.97 Å². The van der Waals surface area contributed by atoms with E-state index in [9.17, 15) is 19.2 Å². The minimum Gasteiger partial charge on any atom is -0.359 e. The van der Waals surface area contributed by atoms with Gasteiger partial charge >= 0.3 is 0 Å². The molecule has 1 unspecified atom stereocenters. The zero-order chi connectivity index (χ0) is 36.4. The van der Waals surface area contributed by atoms with E-state index in [0.29, 0.717) is 13.1 Å². The normalized spacial score (nSPS) is 19.4. The number of nitrogens with one attached hydrogen (secondary N) is 4. The summed E-state index contributed by atoms with van der Waals surface area (Å²) in [6.45, 7) is 13.3. The molecule has 5 rings (SSSR count). The minimum absolute atomic E-state index is 0.00663. The van der Waals surface area contributed by atoms with E-state index < -0.39 is 11.8 Å². The predicted octanol–water partition coefficient (Wildman–Crippen LogP) is 5.39. The first-order chi connectivity index (χ1) is 23.6. The van der Waals surface area contributed by atoms with Crippen molar-refractivity contribution in [2.75, 3.05) is 27.2 Å². The number of amides is 4. The summed E-state index contributed by atoms with van der Waals surface area (Å²) in [5.41, 5.74) is 2.93. The van der Waals surface area contributed by atoms with Crippen LogP contribution in [0, 0.1) is 22.7 Å². The van der Waals surface area contributed by atoms with Gasteiger partial charge in [0.05, 0.1) is 47.7 Å². The molecule has 0 bridgehead atoms. The largest absolute Gasteiger partial charge is 0.359 e. The first-order valence-corrected chi connectivity index (χ1v) is 17.8. The highest BCUT2D eigenvalue weighted by Gasteiger charge is 2.42. The fourth-order valence-electron chi connectivity index (χ4n) is 7.27. The third-order valence-corrected chi connectivity index (χ3v) is 10.4. The Balaban J connectivity index is 1.29. The van der Waals surface area contributed by atoms with E-state index >= 15 is 0 Å². The molecule has 0 saturated carbocycles. The molecule has 0 spiro atoms. The second-order valence-electron chi connectivity index (χ2n) is 15.9. The van der Waals surface area contributed by atoms with Crippen molar-refractivity contribution >= 4 is 23.6 Å². The zero-order valence-corrected chi connectivity index (χ0v) is 30.9. The van der Waals surface area contributed by atoms with E-state index in [2.05, 4.69) is 20.6 Å². The number of nitrogens with zero attached hydrogens (tertiary/aromatic N) is 4. The maximum Gasteiger partial charge on any atom is 0.227 e. The van der Waals surface area contributed by atoms with Crippen LogP contribution >= 0.6 is 0 Å². The van der Waals surface area contributed by atoms with E-state index in [1.807, 2.05) is 88.0 Å². The fraction of sp³-hybridized carbons (Fsp3) is 0.579. The van der Waals surface area contributed by atoms with Crippen molar-refractivity contribution in [3.63, 3.8) is 0 Å². The van der Waals surface area contributed by atoms with E-state index in [1.165, 1.54) is 0 Å². The Morgan fingerprint density at radius 2 is 1.06 bits per heavy atom. The van der Waals surface area contributed by atoms with Crippen LogP contribution in [-0.4, -0.2) is 80.5 Å². The van der Waals surface area contributed by atoms with Crippen LogP contribution in [0.4, 0.5) is 0 Å². The lowest BCUT2D eigenvalue weighted by molar-refractivity contribution is -0.143. The number of likely N-dealkylation sites (tertiary alicyclic amines) is 2. The van der Waals surface area contributed by atoms with Crippen LogP contribution in [0.5, 0.6) is 0 Å². The molecule has 270 valence electrons. The Bertz CT molecular complexity index is 1560. The van der Waals surface area contributed by atoms with Crippen molar-refractivity contribution < 1.29 is 19.2 Å². The molecule has 2 fully saturated rings. The lowest BCUT2D eigenvalue weighted by atomic mass is 9.77. The smallest absolute Gasteiger partial charge is 0.227 e. The monoisotopic (exact) mass is 686 g/mol. The van der Waals surface area contributed by atoms with Crippen LogP contribution in [0.3, 0.4) is 0 Å². The van der Waals surface area contributed by atoms with Gasteiger partial charge in [0.1, 0.15) is 11.6 Å². The number of aromatic amines is 2. The van der Waals surface area contributed by atoms with Crippen molar-refractivity contribution in [1.82, 2.24) is 40.4 Å². The quantitative estimate of drug-likeness (QED) is 0.224. The Morgan fingerprint density at radius 3 is 1.38 bits per heavy atom. The minimum atomic E-state index is -0.431. The number of aromatic nitrogens is 4. The molecule has 2 aliphatic heterocycles. The molecular weight excluding hydrogens is 632 g/mol. The summed E-state index contributed by atoms with van der Waals surface area (Å²) in [6, 6.07) is 7.78. The molecule has 2 saturated heterocycles. The summed E-state index contributed by atoms with van der Waals surface area (Å²) in [5.74, 6) is 0.354. The second kappa shape index (κ2) is 14.8. The molecule has 12 heteroatoms. The Hall–Kier alpha value is -4.48. The van der Waals surface area contributed by atoms with Crippen molar-refractivity contribution in [3.05, 3.63) is 48.3 Å². The van der Waals surface area contributed by atoms with Gasteiger partial charge in [0.2, 0.25) is 23.6 Å². The zero-order valence-electron chi connectivity index (χ0n) is 30.9. The average Bonchev–Trinajstić information content (AvgIpc) is 3.90. The molecule has 2 aromatic heterocycles. The topological polar surface area (TPSA) is 156 Å². The molecule has 50 heavy (non-hydrogen) atoms. The molecule has 4 heterocycles. The number of hydrogen-bond donors (Lipinski definition) is 4. The van der Waals surface area contributed by atoms with Crippen molar-refractivity contribution in [2.45, 2.75) is 92.2 Å². The predicted molar refractivity (Wildman–Crippen MR) is 192 cm³/mol. The van der Waals surface area contributed by atoms with Crippen LogP contribution in [0.1, 0.15) is 104 Å². The van der Waals surface area contributed by atoms with Gasteiger partial charge in [0.25, 0.3) is 0 Å². The Labute approximate surface area is 295 Å². The summed E-state index contributed by atoms with van der Waals surface area (Å²) in [6.07, 6.45) is 7.32. The highest BCUT2D eigenvalue weighted by Crippen LogP contribution is 2.39. The van der Waals surface area contributed by atoms with Crippen LogP contribution in [0.15, 0.2) is 36.7 Å². The molecule has 12 nitrogen and oxygen atoms in total. The Morgan fingerprint density at radius 1 is 0.700 bits per heavy atom. The standard InChI is InChI=1S/C38H54N8O4/c1-37(2,3)25(19-31(47)39-7)35(49)45-17-9-11-29(45)33-41-21-27(43-33)23-13-15-24(16-14-23)28-22-42-34(44-28)30-12-10-18-46(30)36(50)26(38(4,5)6)20-32(48)40-8/h13-16,21-22,25-26,29-30H,9-12,17-20H2,1-8H3,(H,39,47)(H,40,48)(H,41,43)(H,42,44)/t25-,26?,29+,30+/m1/s1. The van der Waals surface area contributed by atoms with E-state index in [4.69, 9.17) is 9.97 Å². The molecule has 1 aromatic carbocycles. The second-order valence-corrected chi connectivity index (χ2v) is 15.9. The molecule has 4 N–H and O–H groups in total. The lowest BCUT2D eigenvalue weighted by Gasteiger charge is -2.34. The maximum atomic E-state index is 13.8. The molecule has 3 aromatic rings. The highest BCUT2D eigenvalue weighted by molar-refractivity contribution is 5.87. The van der Waals surface area contributed by atoms with E-state index in [0.717, 1.165) is 59.8 Å². The summed E-state index contributed by atoms with van der Waals surface area (Å²) < 4.78 is 0. The first-order valence-electron chi connectivity index (χ1n) is 17.8. The SMILES string of the molecule is CNC(=O)CC(C(=O)N1CCC[C@H]1c1ncc(-c2ccc(-c3cnc([C@@H]4CCCN4C(=O)[C@@H](CC(=O)NC)C(C)(C)C)[nH]3)cc2)[nH]1)C(C)(C)C. The van der Waals surface area contributed by atoms with Crippen LogP contribution in [0.2, 0.25) is 0 Å². The summed E-state index contributed by atoms with van der Waals surface area (Å²) in [7, 11) is 3.20. The third kappa shape index (κ3) is 7.94. The van der Waals surface area contributed by atoms with Crippen molar-refractivity contribution in [3.8, 4) is 22.5 Å². The Kier molecular flexibility index (Phi) is 10.9. The van der Waals surface area contributed by atoms with Gasteiger partial charge in [-0.1, -0.05) is 65.8 Å². The summed E-state index contributed by atoms with van der Waals surface area (Å²) in [4.78, 5) is 72.3. The van der Waals surface area contributed by atoms with Crippen LogP contribution in [-0.2, 0) is 19.2 Å². The number of H-pyrrole nitrogens is 2. The van der Waals surface area contributed by atoms with Crippen molar-refractivity contribution in [2.24, 2.45) is 22.7 Å². The molecular formula is C38H54N8O4. The van der Waals surface area contributed by atoms with Gasteiger partial charge in [-0.3, -0.25) is 19.2 Å². The fourth-order valence-corrected chi connectivity index (χ4v) is 7.27. The van der Waals surface area contributed by atoms with Crippen LogP contribution < -0.4 is 10.6 Å².